The Labute approximate surface area is 125 Å². The normalized spacial score (nSPS) is 18.0. The molecular formula is C13H22N2O3S2. The van der Waals surface area contributed by atoms with Crippen LogP contribution in [0.15, 0.2) is 17.5 Å². The zero-order chi connectivity index (χ0) is 14.6. The summed E-state index contributed by atoms with van der Waals surface area (Å²) in [5.74, 6) is 0. The first-order valence-electron chi connectivity index (χ1n) is 6.81. The summed E-state index contributed by atoms with van der Waals surface area (Å²) < 4.78 is 33.3. The zero-order valence-electron chi connectivity index (χ0n) is 12.0. The van der Waals surface area contributed by atoms with Crippen LogP contribution in [0.1, 0.15) is 17.7 Å². The second-order valence-electron chi connectivity index (χ2n) is 5.07. The van der Waals surface area contributed by atoms with Crippen LogP contribution < -0.4 is 0 Å². The average molecular weight is 318 g/mol. The molecule has 0 radical (unpaired) electrons. The number of hydrogen-bond acceptors (Lipinski definition) is 4. The van der Waals surface area contributed by atoms with Gasteiger partial charge in [0.15, 0.2) is 0 Å². The molecule has 2 rings (SSSR count). The summed E-state index contributed by atoms with van der Waals surface area (Å²) in [6.07, 6.45) is 2.32. The third-order valence-electron chi connectivity index (χ3n) is 3.51. The molecule has 1 aliphatic rings. The van der Waals surface area contributed by atoms with Gasteiger partial charge in [0, 0.05) is 44.8 Å². The summed E-state index contributed by atoms with van der Waals surface area (Å²) in [6.45, 7) is 1.82. The van der Waals surface area contributed by atoms with Gasteiger partial charge in [-0.1, -0.05) is 6.07 Å². The maximum absolute atomic E-state index is 12.5. The Kier molecular flexibility index (Phi) is 5.57. The second kappa shape index (κ2) is 7.00. The van der Waals surface area contributed by atoms with Gasteiger partial charge in [0.2, 0.25) is 0 Å². The van der Waals surface area contributed by atoms with E-state index in [-0.39, 0.29) is 6.04 Å². The number of ether oxygens (including phenoxy) is 1. The van der Waals surface area contributed by atoms with E-state index in [1.165, 1.54) is 9.18 Å². The maximum Gasteiger partial charge on any atom is 0.281 e. The maximum atomic E-state index is 12.5. The summed E-state index contributed by atoms with van der Waals surface area (Å²) in [4.78, 5) is 1.22. The van der Waals surface area contributed by atoms with Crippen molar-refractivity contribution < 1.29 is 13.2 Å². The summed E-state index contributed by atoms with van der Waals surface area (Å²) in [5.41, 5.74) is 0. The smallest absolute Gasteiger partial charge is 0.281 e. The Morgan fingerprint density at radius 2 is 2.05 bits per heavy atom. The van der Waals surface area contributed by atoms with Gasteiger partial charge in [0.05, 0.1) is 0 Å². The first-order chi connectivity index (χ1) is 9.51. The molecule has 1 aromatic rings. The standard InChI is InChI=1S/C13H22N2O3S2/c1-14(2)20(16,17)15(12-6-9-18-10-7-12)8-5-13-4-3-11-19-13/h3-4,11-12H,5-10H2,1-2H3. The van der Waals surface area contributed by atoms with E-state index in [1.807, 2.05) is 11.4 Å². The topological polar surface area (TPSA) is 49.9 Å². The molecule has 20 heavy (non-hydrogen) atoms. The van der Waals surface area contributed by atoms with E-state index in [2.05, 4.69) is 6.07 Å². The lowest BCUT2D eigenvalue weighted by molar-refractivity contribution is 0.0575. The molecule has 0 bridgehead atoms. The summed E-state index contributed by atoms with van der Waals surface area (Å²) in [5, 5.41) is 2.02. The molecule has 0 atom stereocenters. The van der Waals surface area contributed by atoms with Crippen LogP contribution in [0.2, 0.25) is 0 Å². The van der Waals surface area contributed by atoms with Crippen molar-refractivity contribution in [3.63, 3.8) is 0 Å². The quantitative estimate of drug-likeness (QED) is 0.800. The Hall–Kier alpha value is -0.470. The Morgan fingerprint density at radius 3 is 2.60 bits per heavy atom. The minimum atomic E-state index is -3.38. The lowest BCUT2D eigenvalue weighted by Gasteiger charge is -2.34. The molecule has 1 saturated heterocycles. The highest BCUT2D eigenvalue weighted by Gasteiger charge is 2.32. The summed E-state index contributed by atoms with van der Waals surface area (Å²) in [6, 6.07) is 4.10. The fraction of sp³-hybridized carbons (Fsp3) is 0.692. The van der Waals surface area contributed by atoms with Crippen molar-refractivity contribution in [2.45, 2.75) is 25.3 Å². The van der Waals surface area contributed by atoms with Gasteiger partial charge < -0.3 is 4.74 Å². The number of nitrogens with zero attached hydrogens (tertiary/aromatic N) is 2. The van der Waals surface area contributed by atoms with Crippen LogP contribution in [-0.4, -0.2) is 56.9 Å². The molecule has 0 N–H and O–H groups in total. The van der Waals surface area contributed by atoms with Gasteiger partial charge in [-0.2, -0.15) is 17.0 Å². The van der Waals surface area contributed by atoms with E-state index in [0.29, 0.717) is 19.8 Å². The van der Waals surface area contributed by atoms with Crippen LogP contribution in [0.5, 0.6) is 0 Å². The lowest BCUT2D eigenvalue weighted by atomic mass is 10.1. The van der Waals surface area contributed by atoms with Gasteiger partial charge in [0.1, 0.15) is 0 Å². The number of thiophene rings is 1. The number of rotatable bonds is 6. The highest BCUT2D eigenvalue weighted by molar-refractivity contribution is 7.86. The van der Waals surface area contributed by atoms with E-state index < -0.39 is 10.2 Å². The molecule has 114 valence electrons. The molecule has 0 aliphatic carbocycles. The third kappa shape index (κ3) is 3.79. The molecule has 0 saturated carbocycles. The van der Waals surface area contributed by atoms with Crippen LogP contribution >= 0.6 is 11.3 Å². The van der Waals surface area contributed by atoms with E-state index >= 15 is 0 Å². The first kappa shape index (κ1) is 15.9. The van der Waals surface area contributed by atoms with Gasteiger partial charge in [-0.3, -0.25) is 0 Å². The van der Waals surface area contributed by atoms with Crippen molar-refractivity contribution in [3.8, 4) is 0 Å². The van der Waals surface area contributed by atoms with E-state index in [0.717, 1.165) is 19.3 Å². The molecule has 1 fully saturated rings. The summed E-state index contributed by atoms with van der Waals surface area (Å²) in [7, 11) is -0.196. The third-order valence-corrected chi connectivity index (χ3v) is 6.45. The monoisotopic (exact) mass is 318 g/mol. The van der Waals surface area contributed by atoms with Crippen LogP contribution in [0.4, 0.5) is 0 Å². The Bertz CT molecular complexity index is 494. The molecule has 0 amide bonds. The molecule has 0 spiro atoms. The molecule has 1 aromatic heterocycles. The van der Waals surface area contributed by atoms with Crippen molar-refractivity contribution in [2.75, 3.05) is 33.9 Å². The minimum Gasteiger partial charge on any atom is -0.381 e. The van der Waals surface area contributed by atoms with Gasteiger partial charge in [-0.05, 0) is 30.7 Å². The molecule has 1 aliphatic heterocycles. The molecular weight excluding hydrogens is 296 g/mol. The zero-order valence-corrected chi connectivity index (χ0v) is 13.6. The minimum absolute atomic E-state index is 0.0520. The van der Waals surface area contributed by atoms with Crippen LogP contribution in [0, 0.1) is 0 Å². The largest absolute Gasteiger partial charge is 0.381 e. The van der Waals surface area contributed by atoms with Gasteiger partial charge in [0.25, 0.3) is 10.2 Å². The Balaban J connectivity index is 2.10. The van der Waals surface area contributed by atoms with Crippen molar-refractivity contribution >= 4 is 21.5 Å². The fourth-order valence-electron chi connectivity index (χ4n) is 2.34. The van der Waals surface area contributed by atoms with Gasteiger partial charge >= 0.3 is 0 Å². The molecule has 5 nitrogen and oxygen atoms in total. The van der Waals surface area contributed by atoms with E-state index in [1.54, 1.807) is 29.7 Å². The van der Waals surface area contributed by atoms with Crippen LogP contribution in [0.3, 0.4) is 0 Å². The molecule has 2 heterocycles. The summed E-state index contributed by atoms with van der Waals surface area (Å²) >= 11 is 1.67. The molecule has 7 heteroatoms. The van der Waals surface area contributed by atoms with E-state index in [9.17, 15) is 8.42 Å². The second-order valence-corrected chi connectivity index (χ2v) is 8.20. The fourth-order valence-corrected chi connectivity index (χ4v) is 4.37. The number of hydrogen-bond donors (Lipinski definition) is 0. The predicted molar refractivity (Wildman–Crippen MR) is 81.2 cm³/mol. The average Bonchev–Trinajstić information content (AvgIpc) is 2.93. The van der Waals surface area contributed by atoms with Crippen LogP contribution in [0.25, 0.3) is 0 Å². The first-order valence-corrected chi connectivity index (χ1v) is 9.09. The van der Waals surface area contributed by atoms with Crippen molar-refractivity contribution in [1.82, 2.24) is 8.61 Å². The van der Waals surface area contributed by atoms with Crippen LogP contribution in [-0.2, 0) is 21.4 Å². The molecule has 0 aromatic carbocycles. The molecule has 0 unspecified atom stereocenters. The predicted octanol–water partition coefficient (Wildman–Crippen LogP) is 1.58. The highest BCUT2D eigenvalue weighted by atomic mass is 32.2. The Morgan fingerprint density at radius 1 is 1.35 bits per heavy atom. The van der Waals surface area contributed by atoms with E-state index in [4.69, 9.17) is 4.74 Å². The lowest BCUT2D eigenvalue weighted by Crippen LogP contribution is -2.48. The SMILES string of the molecule is CN(C)S(=O)(=O)N(CCc1cccs1)C1CCOCC1. The van der Waals surface area contributed by atoms with Gasteiger partial charge in [-0.25, -0.2) is 0 Å². The van der Waals surface area contributed by atoms with Crippen molar-refractivity contribution in [1.29, 1.82) is 0 Å². The van der Waals surface area contributed by atoms with Crippen molar-refractivity contribution in [2.24, 2.45) is 0 Å². The van der Waals surface area contributed by atoms with Gasteiger partial charge in [-0.15, -0.1) is 11.3 Å². The van der Waals surface area contributed by atoms with Crippen molar-refractivity contribution in [3.05, 3.63) is 22.4 Å². The highest BCUT2D eigenvalue weighted by Crippen LogP contribution is 2.21.